The molecule has 0 spiro atoms. The van der Waals surface area contributed by atoms with Crippen LogP contribution in [0.5, 0.6) is 0 Å². The summed E-state index contributed by atoms with van der Waals surface area (Å²) in [5.74, 6) is -0.540. The Morgan fingerprint density at radius 1 is 1.50 bits per heavy atom. The highest BCUT2D eigenvalue weighted by molar-refractivity contribution is 6.32. The monoisotopic (exact) mass is 303 g/mol. The van der Waals surface area contributed by atoms with E-state index in [1.165, 1.54) is 0 Å². The summed E-state index contributed by atoms with van der Waals surface area (Å²) in [6, 6.07) is 1.08. The fourth-order valence-electron chi connectivity index (χ4n) is 1.27. The third-order valence-electron chi connectivity index (χ3n) is 2.24. The van der Waals surface area contributed by atoms with Crippen LogP contribution in [0.25, 0.3) is 0 Å². The van der Waals surface area contributed by atoms with Crippen molar-refractivity contribution in [2.24, 2.45) is 0 Å². The lowest BCUT2D eigenvalue weighted by atomic mass is 10.2. The molecule has 0 aliphatic rings. The molecule has 110 valence electrons. The second-order valence-electron chi connectivity index (χ2n) is 3.65. The van der Waals surface area contributed by atoms with Crippen molar-refractivity contribution in [1.82, 2.24) is 10.3 Å². The van der Waals surface area contributed by atoms with Gasteiger partial charge in [-0.2, -0.15) is 0 Å². The average Bonchev–Trinajstić information content (AvgIpc) is 2.42. The van der Waals surface area contributed by atoms with Crippen molar-refractivity contribution in [2.75, 3.05) is 33.5 Å². The fraction of sp³-hybridized carbons (Fsp3) is 0.455. The quantitative estimate of drug-likeness (QED) is 0.333. The fourth-order valence-corrected chi connectivity index (χ4v) is 1.46. The predicted octanol–water partition coefficient (Wildman–Crippen LogP) is 1.04. The number of ether oxygens (including phenoxy) is 2. The first-order valence-corrected chi connectivity index (χ1v) is 6.09. The summed E-state index contributed by atoms with van der Waals surface area (Å²) in [6.45, 7) is 1.44. The lowest BCUT2D eigenvalue weighted by Crippen LogP contribution is -2.28. The summed E-state index contributed by atoms with van der Waals surface area (Å²) in [6.07, 6.45) is 0.993. The molecular formula is C11H14ClN3O5. The van der Waals surface area contributed by atoms with Gasteiger partial charge in [-0.15, -0.1) is 0 Å². The maximum absolute atomic E-state index is 11.8. The van der Waals surface area contributed by atoms with Crippen molar-refractivity contribution in [3.8, 4) is 0 Å². The van der Waals surface area contributed by atoms with Crippen LogP contribution in [0.15, 0.2) is 12.3 Å². The van der Waals surface area contributed by atoms with Crippen LogP contribution in [-0.4, -0.2) is 49.3 Å². The largest absolute Gasteiger partial charge is 0.382 e. The number of nitro groups is 1. The van der Waals surface area contributed by atoms with E-state index in [4.69, 9.17) is 21.1 Å². The Morgan fingerprint density at radius 2 is 2.25 bits per heavy atom. The Morgan fingerprint density at radius 3 is 2.90 bits per heavy atom. The van der Waals surface area contributed by atoms with Gasteiger partial charge in [0.1, 0.15) is 11.3 Å². The highest BCUT2D eigenvalue weighted by atomic mass is 35.5. The minimum Gasteiger partial charge on any atom is -0.382 e. The summed E-state index contributed by atoms with van der Waals surface area (Å²) in [5.41, 5.74) is -0.339. The number of hydrogen-bond acceptors (Lipinski definition) is 6. The van der Waals surface area contributed by atoms with E-state index in [0.717, 1.165) is 12.3 Å². The molecule has 1 heterocycles. The highest BCUT2D eigenvalue weighted by Crippen LogP contribution is 2.18. The lowest BCUT2D eigenvalue weighted by Gasteiger charge is -2.07. The third-order valence-corrected chi connectivity index (χ3v) is 2.55. The molecule has 0 aliphatic carbocycles. The van der Waals surface area contributed by atoms with Gasteiger partial charge in [0, 0.05) is 19.7 Å². The van der Waals surface area contributed by atoms with Crippen molar-refractivity contribution in [3.05, 3.63) is 33.1 Å². The van der Waals surface area contributed by atoms with Crippen LogP contribution in [0.3, 0.4) is 0 Å². The van der Waals surface area contributed by atoms with Crippen molar-refractivity contribution >= 4 is 23.2 Å². The number of halogens is 1. The van der Waals surface area contributed by atoms with Gasteiger partial charge in [-0.25, -0.2) is 4.98 Å². The van der Waals surface area contributed by atoms with E-state index in [0.29, 0.717) is 19.8 Å². The smallest absolute Gasteiger partial charge is 0.288 e. The summed E-state index contributed by atoms with van der Waals surface area (Å²) >= 11 is 5.73. The van der Waals surface area contributed by atoms with Gasteiger partial charge in [-0.3, -0.25) is 14.9 Å². The highest BCUT2D eigenvalue weighted by Gasteiger charge is 2.16. The maximum atomic E-state index is 11.8. The first-order chi connectivity index (χ1) is 9.56. The summed E-state index contributed by atoms with van der Waals surface area (Å²) in [4.78, 5) is 25.4. The molecule has 0 saturated carbocycles. The van der Waals surface area contributed by atoms with Crippen LogP contribution in [0.1, 0.15) is 10.4 Å². The lowest BCUT2D eigenvalue weighted by molar-refractivity contribution is -0.385. The standard InChI is InChI=1S/C11H14ClN3O5/c1-19-4-5-20-3-2-13-11(16)9-6-8(15(17)18)7-14-10(9)12/h6-7H,2-5H2,1H3,(H,13,16). The maximum Gasteiger partial charge on any atom is 0.288 e. The Kier molecular flexibility index (Phi) is 6.85. The third kappa shape index (κ3) is 5.08. The van der Waals surface area contributed by atoms with E-state index in [1.807, 2.05) is 0 Å². The van der Waals surface area contributed by atoms with E-state index < -0.39 is 10.8 Å². The minimum absolute atomic E-state index is 0.0437. The second kappa shape index (κ2) is 8.41. The van der Waals surface area contributed by atoms with E-state index in [-0.39, 0.29) is 22.9 Å². The van der Waals surface area contributed by atoms with Crippen LogP contribution in [-0.2, 0) is 9.47 Å². The van der Waals surface area contributed by atoms with Crippen LogP contribution >= 0.6 is 11.6 Å². The molecule has 1 aromatic rings. The molecule has 0 atom stereocenters. The first kappa shape index (κ1) is 16.3. The topological polar surface area (TPSA) is 104 Å². The second-order valence-corrected chi connectivity index (χ2v) is 4.01. The van der Waals surface area contributed by atoms with Crippen LogP contribution < -0.4 is 5.32 Å². The molecule has 9 heteroatoms. The molecule has 0 aromatic carbocycles. The molecule has 8 nitrogen and oxygen atoms in total. The Balaban J connectivity index is 2.50. The predicted molar refractivity (Wildman–Crippen MR) is 70.9 cm³/mol. The average molecular weight is 304 g/mol. The SMILES string of the molecule is COCCOCCNC(=O)c1cc([N+](=O)[O-])cnc1Cl. The minimum atomic E-state index is -0.645. The molecule has 0 unspecified atom stereocenters. The van der Waals surface area contributed by atoms with Gasteiger partial charge in [-0.05, 0) is 0 Å². The number of hydrogen-bond donors (Lipinski definition) is 1. The molecule has 1 amide bonds. The number of aromatic nitrogens is 1. The number of pyridine rings is 1. The van der Waals surface area contributed by atoms with Gasteiger partial charge in [0.2, 0.25) is 0 Å². The van der Waals surface area contributed by atoms with E-state index in [2.05, 4.69) is 10.3 Å². The molecule has 0 aliphatic heterocycles. The van der Waals surface area contributed by atoms with Gasteiger partial charge in [-0.1, -0.05) is 11.6 Å². The Hall–Kier alpha value is -1.77. The number of nitrogens with zero attached hydrogens (tertiary/aromatic N) is 2. The zero-order valence-corrected chi connectivity index (χ0v) is 11.6. The zero-order valence-electron chi connectivity index (χ0n) is 10.8. The number of carbonyl (C=O) groups excluding carboxylic acids is 1. The Bertz CT molecular complexity index is 483. The number of methoxy groups -OCH3 is 1. The van der Waals surface area contributed by atoms with Gasteiger partial charge in [0.15, 0.2) is 0 Å². The number of carbonyl (C=O) groups is 1. The molecule has 0 radical (unpaired) electrons. The van der Waals surface area contributed by atoms with Gasteiger partial charge >= 0.3 is 0 Å². The van der Waals surface area contributed by atoms with Crippen molar-refractivity contribution < 1.29 is 19.2 Å². The van der Waals surface area contributed by atoms with Crippen molar-refractivity contribution in [1.29, 1.82) is 0 Å². The summed E-state index contributed by atoms with van der Waals surface area (Å²) in [7, 11) is 1.56. The Labute approximate surface area is 120 Å². The van der Waals surface area contributed by atoms with E-state index in [1.54, 1.807) is 7.11 Å². The van der Waals surface area contributed by atoms with Gasteiger partial charge in [0.25, 0.3) is 11.6 Å². The van der Waals surface area contributed by atoms with Gasteiger partial charge < -0.3 is 14.8 Å². The normalized spacial score (nSPS) is 10.3. The molecule has 0 saturated heterocycles. The molecule has 0 fully saturated rings. The molecule has 1 rings (SSSR count). The van der Waals surface area contributed by atoms with Crippen molar-refractivity contribution in [3.63, 3.8) is 0 Å². The van der Waals surface area contributed by atoms with E-state index in [9.17, 15) is 14.9 Å². The van der Waals surface area contributed by atoms with Crippen LogP contribution in [0.2, 0.25) is 5.15 Å². The molecule has 1 aromatic heterocycles. The van der Waals surface area contributed by atoms with E-state index >= 15 is 0 Å². The summed E-state index contributed by atoms with van der Waals surface area (Å²) < 4.78 is 9.94. The number of amides is 1. The number of rotatable bonds is 8. The van der Waals surface area contributed by atoms with Crippen molar-refractivity contribution in [2.45, 2.75) is 0 Å². The van der Waals surface area contributed by atoms with Crippen LogP contribution in [0.4, 0.5) is 5.69 Å². The molecule has 20 heavy (non-hydrogen) atoms. The van der Waals surface area contributed by atoms with Crippen LogP contribution in [0, 0.1) is 10.1 Å². The molecular weight excluding hydrogens is 290 g/mol. The zero-order chi connectivity index (χ0) is 15.0. The first-order valence-electron chi connectivity index (χ1n) is 5.71. The number of nitrogens with one attached hydrogen (secondary N) is 1. The molecule has 0 bridgehead atoms. The molecule has 1 N–H and O–H groups in total. The summed E-state index contributed by atoms with van der Waals surface area (Å²) in [5, 5.41) is 13.0. The van der Waals surface area contributed by atoms with Gasteiger partial charge in [0.05, 0.1) is 30.3 Å².